The molecule has 1 aromatic rings. The lowest BCUT2D eigenvalue weighted by molar-refractivity contribution is 0.134. The van der Waals surface area contributed by atoms with Crippen LogP contribution in [0, 0.1) is 11.3 Å². The zero-order valence-electron chi connectivity index (χ0n) is 13.6. The molecule has 2 atom stereocenters. The number of nitrogens with one attached hydrogen (secondary N) is 1. The Hall–Kier alpha value is -0.860. The van der Waals surface area contributed by atoms with Gasteiger partial charge in [-0.1, -0.05) is 45.9 Å². The van der Waals surface area contributed by atoms with Gasteiger partial charge in [-0.05, 0) is 47.9 Å². The molecule has 2 unspecified atom stereocenters. The van der Waals surface area contributed by atoms with Crippen LogP contribution in [0.5, 0.6) is 0 Å². The first-order valence-corrected chi connectivity index (χ1v) is 7.76. The summed E-state index contributed by atoms with van der Waals surface area (Å²) in [5.41, 5.74) is 4.53. The lowest BCUT2D eigenvalue weighted by Gasteiger charge is -2.27. The topological polar surface area (TPSA) is 21.3 Å². The molecule has 1 heterocycles. The lowest BCUT2D eigenvalue weighted by atomic mass is 9.82. The van der Waals surface area contributed by atoms with Gasteiger partial charge in [0.05, 0.1) is 13.2 Å². The molecule has 0 aliphatic carbocycles. The molecule has 1 aromatic carbocycles. The van der Waals surface area contributed by atoms with Crippen LogP contribution in [-0.2, 0) is 18.0 Å². The monoisotopic (exact) mass is 275 g/mol. The highest BCUT2D eigenvalue weighted by Crippen LogP contribution is 2.31. The first kappa shape index (κ1) is 15.5. The molecule has 0 saturated heterocycles. The summed E-state index contributed by atoms with van der Waals surface area (Å²) in [6, 6.07) is 7.26. The van der Waals surface area contributed by atoms with Crippen molar-refractivity contribution in [1.82, 2.24) is 5.32 Å². The molecule has 2 nitrogen and oxygen atoms in total. The summed E-state index contributed by atoms with van der Waals surface area (Å²) in [6.07, 6.45) is 2.45. The highest BCUT2D eigenvalue weighted by Gasteiger charge is 2.20. The molecule has 0 amide bonds. The SMILES string of the molecule is CNC(CC(C)CC(C)(C)C)c1ccc2c(c1)COC2. The summed E-state index contributed by atoms with van der Waals surface area (Å²) < 4.78 is 5.51. The van der Waals surface area contributed by atoms with E-state index >= 15 is 0 Å². The fraction of sp³-hybridized carbons (Fsp3) is 0.667. The smallest absolute Gasteiger partial charge is 0.0725 e. The van der Waals surface area contributed by atoms with E-state index in [-0.39, 0.29) is 0 Å². The van der Waals surface area contributed by atoms with Crippen LogP contribution in [-0.4, -0.2) is 7.05 Å². The Balaban J connectivity index is 2.04. The van der Waals surface area contributed by atoms with Crippen molar-refractivity contribution in [2.45, 2.75) is 59.8 Å². The van der Waals surface area contributed by atoms with Crippen LogP contribution in [0.25, 0.3) is 0 Å². The minimum Gasteiger partial charge on any atom is -0.372 e. The van der Waals surface area contributed by atoms with Crippen LogP contribution < -0.4 is 5.32 Å². The third-order valence-corrected chi connectivity index (χ3v) is 4.10. The van der Waals surface area contributed by atoms with Gasteiger partial charge in [0.15, 0.2) is 0 Å². The van der Waals surface area contributed by atoms with Gasteiger partial charge in [0.1, 0.15) is 0 Å². The summed E-state index contributed by atoms with van der Waals surface area (Å²) in [6.45, 7) is 10.9. The summed E-state index contributed by atoms with van der Waals surface area (Å²) in [5, 5.41) is 3.49. The molecular weight excluding hydrogens is 246 g/mol. The molecular formula is C18H29NO. The van der Waals surface area contributed by atoms with Gasteiger partial charge in [0.2, 0.25) is 0 Å². The summed E-state index contributed by atoms with van der Waals surface area (Å²) in [4.78, 5) is 0. The Kier molecular flexibility index (Phi) is 4.87. The highest BCUT2D eigenvalue weighted by atomic mass is 16.5. The molecule has 0 spiro atoms. The number of ether oxygens (including phenoxy) is 1. The molecule has 2 rings (SSSR count). The maximum atomic E-state index is 5.51. The zero-order chi connectivity index (χ0) is 14.8. The number of rotatable bonds is 5. The van der Waals surface area contributed by atoms with Crippen molar-refractivity contribution < 1.29 is 4.74 Å². The Bertz CT molecular complexity index is 447. The Morgan fingerprint density at radius 3 is 2.55 bits per heavy atom. The fourth-order valence-corrected chi connectivity index (χ4v) is 3.36. The van der Waals surface area contributed by atoms with Crippen molar-refractivity contribution in [3.05, 3.63) is 34.9 Å². The van der Waals surface area contributed by atoms with Crippen molar-refractivity contribution in [2.75, 3.05) is 7.05 Å². The first-order valence-electron chi connectivity index (χ1n) is 7.76. The second-order valence-electron chi connectivity index (χ2n) is 7.47. The van der Waals surface area contributed by atoms with E-state index in [2.05, 4.69) is 58.3 Å². The summed E-state index contributed by atoms with van der Waals surface area (Å²) in [7, 11) is 2.07. The number of fused-ring (bicyclic) bond motifs is 1. The molecule has 20 heavy (non-hydrogen) atoms. The van der Waals surface area contributed by atoms with Gasteiger partial charge in [0, 0.05) is 6.04 Å². The van der Waals surface area contributed by atoms with E-state index in [4.69, 9.17) is 4.74 Å². The van der Waals surface area contributed by atoms with Gasteiger partial charge in [-0.2, -0.15) is 0 Å². The quantitative estimate of drug-likeness (QED) is 0.857. The van der Waals surface area contributed by atoms with E-state index in [1.165, 1.54) is 29.5 Å². The lowest BCUT2D eigenvalue weighted by Crippen LogP contribution is -2.21. The summed E-state index contributed by atoms with van der Waals surface area (Å²) >= 11 is 0. The number of benzene rings is 1. The Morgan fingerprint density at radius 2 is 1.90 bits per heavy atom. The fourth-order valence-electron chi connectivity index (χ4n) is 3.36. The van der Waals surface area contributed by atoms with Crippen molar-refractivity contribution in [1.29, 1.82) is 0 Å². The van der Waals surface area contributed by atoms with E-state index in [9.17, 15) is 0 Å². The van der Waals surface area contributed by atoms with Gasteiger partial charge in [-0.3, -0.25) is 0 Å². The molecule has 0 fully saturated rings. The van der Waals surface area contributed by atoms with E-state index < -0.39 is 0 Å². The van der Waals surface area contributed by atoms with Crippen LogP contribution >= 0.6 is 0 Å². The molecule has 1 N–H and O–H groups in total. The van der Waals surface area contributed by atoms with Crippen molar-refractivity contribution >= 4 is 0 Å². The zero-order valence-corrected chi connectivity index (χ0v) is 13.6. The molecule has 1 aliphatic heterocycles. The van der Waals surface area contributed by atoms with Crippen LogP contribution in [0.4, 0.5) is 0 Å². The molecule has 0 aromatic heterocycles. The van der Waals surface area contributed by atoms with E-state index in [0.29, 0.717) is 11.5 Å². The first-order chi connectivity index (χ1) is 9.39. The number of hydrogen-bond donors (Lipinski definition) is 1. The Morgan fingerprint density at radius 1 is 1.20 bits per heavy atom. The molecule has 112 valence electrons. The minimum atomic E-state index is 0.406. The summed E-state index contributed by atoms with van der Waals surface area (Å²) in [5.74, 6) is 0.719. The molecule has 0 saturated carbocycles. The van der Waals surface area contributed by atoms with Crippen LogP contribution in [0.3, 0.4) is 0 Å². The largest absolute Gasteiger partial charge is 0.372 e. The molecule has 1 aliphatic rings. The maximum absolute atomic E-state index is 5.51. The average Bonchev–Trinajstić information content (AvgIpc) is 2.80. The van der Waals surface area contributed by atoms with Gasteiger partial charge in [-0.25, -0.2) is 0 Å². The van der Waals surface area contributed by atoms with Gasteiger partial charge >= 0.3 is 0 Å². The van der Waals surface area contributed by atoms with E-state index in [1.54, 1.807) is 0 Å². The average molecular weight is 275 g/mol. The second-order valence-corrected chi connectivity index (χ2v) is 7.47. The Labute approximate surface area is 123 Å². The predicted octanol–water partition coefficient (Wildman–Crippen LogP) is 4.44. The molecule has 0 bridgehead atoms. The van der Waals surface area contributed by atoms with Crippen LogP contribution in [0.1, 0.15) is 63.3 Å². The third kappa shape index (κ3) is 4.07. The van der Waals surface area contributed by atoms with E-state index in [0.717, 1.165) is 19.1 Å². The van der Waals surface area contributed by atoms with Gasteiger partial charge < -0.3 is 10.1 Å². The third-order valence-electron chi connectivity index (χ3n) is 4.10. The number of hydrogen-bond acceptors (Lipinski definition) is 2. The highest BCUT2D eigenvalue weighted by molar-refractivity contribution is 5.34. The molecule has 0 radical (unpaired) electrons. The van der Waals surface area contributed by atoms with E-state index in [1.807, 2.05) is 0 Å². The second kappa shape index (κ2) is 6.28. The van der Waals surface area contributed by atoms with Crippen LogP contribution in [0.2, 0.25) is 0 Å². The minimum absolute atomic E-state index is 0.406. The van der Waals surface area contributed by atoms with Crippen molar-refractivity contribution in [2.24, 2.45) is 11.3 Å². The standard InChI is InChI=1S/C18H29NO/c1-13(10-18(2,3)4)8-17(19-5)14-6-7-15-11-20-12-16(15)9-14/h6-7,9,13,17,19H,8,10-12H2,1-5H3. The molecule has 2 heteroatoms. The van der Waals surface area contributed by atoms with Gasteiger partial charge in [0.25, 0.3) is 0 Å². The predicted molar refractivity (Wildman–Crippen MR) is 84.6 cm³/mol. The van der Waals surface area contributed by atoms with Crippen molar-refractivity contribution in [3.63, 3.8) is 0 Å². The van der Waals surface area contributed by atoms with Crippen LogP contribution in [0.15, 0.2) is 18.2 Å². The maximum Gasteiger partial charge on any atom is 0.0725 e. The van der Waals surface area contributed by atoms with Gasteiger partial charge in [-0.15, -0.1) is 0 Å². The normalized spacial score (nSPS) is 17.9. The van der Waals surface area contributed by atoms with Crippen molar-refractivity contribution in [3.8, 4) is 0 Å².